The summed E-state index contributed by atoms with van der Waals surface area (Å²) < 4.78 is 5.20. The largest absolute Gasteiger partial charge is 0.445 e. The molecule has 0 aliphatic carbocycles. The van der Waals surface area contributed by atoms with E-state index in [4.69, 9.17) is 4.74 Å². The van der Waals surface area contributed by atoms with Gasteiger partial charge < -0.3 is 20.3 Å². The number of nitro groups is 1. The van der Waals surface area contributed by atoms with Gasteiger partial charge in [0.25, 0.3) is 5.69 Å². The highest BCUT2D eigenvalue weighted by molar-refractivity contribution is 5.82. The fourth-order valence-electron chi connectivity index (χ4n) is 6.46. The number of benzene rings is 4. The predicted octanol–water partition coefficient (Wildman–Crippen LogP) is 6.58. The Kier molecular flexibility index (Phi) is 11.7. The maximum atomic E-state index is 13.0. The quantitative estimate of drug-likeness (QED) is 0.120. The number of hydrogen-bond donors (Lipinski definition) is 2. The molecule has 47 heavy (non-hydrogen) atoms. The van der Waals surface area contributed by atoms with Crippen LogP contribution in [0.3, 0.4) is 0 Å². The number of rotatable bonds is 14. The molecule has 1 saturated heterocycles. The molecule has 0 aromatic heterocycles. The average molecular weight is 635 g/mol. The predicted molar refractivity (Wildman–Crippen MR) is 182 cm³/mol. The number of alkyl carbamates (subject to hydrolysis) is 1. The minimum atomic E-state index is -0.744. The van der Waals surface area contributed by atoms with Gasteiger partial charge in [-0.2, -0.15) is 0 Å². The van der Waals surface area contributed by atoms with E-state index in [0.717, 1.165) is 56.4 Å². The normalized spacial score (nSPS) is 13.9. The SMILES string of the molecule is O=C(CNC(=O)OCc1ccc([N+](=O)[O-])cc1)NCC(CCCN1CCC(c2ccccc2)CC1)(c1ccccc1)c1ccccc1. The molecule has 0 atom stereocenters. The fourth-order valence-corrected chi connectivity index (χ4v) is 6.46. The van der Waals surface area contributed by atoms with Crippen LogP contribution in [0.25, 0.3) is 0 Å². The minimum absolute atomic E-state index is 0.0413. The van der Waals surface area contributed by atoms with E-state index in [9.17, 15) is 19.7 Å². The zero-order valence-corrected chi connectivity index (χ0v) is 26.6. The molecule has 0 saturated carbocycles. The average Bonchev–Trinajstić information content (AvgIpc) is 3.13. The van der Waals surface area contributed by atoms with Gasteiger partial charge in [0.1, 0.15) is 6.61 Å². The first kappa shape index (κ1) is 33.3. The number of hydrogen-bond acceptors (Lipinski definition) is 6. The van der Waals surface area contributed by atoms with E-state index in [0.29, 0.717) is 18.0 Å². The number of carbonyl (C=O) groups excluding carboxylic acids is 2. The van der Waals surface area contributed by atoms with Crippen LogP contribution in [0.1, 0.15) is 53.9 Å². The van der Waals surface area contributed by atoms with E-state index in [1.807, 2.05) is 36.4 Å². The van der Waals surface area contributed by atoms with Gasteiger partial charge in [-0.3, -0.25) is 14.9 Å². The van der Waals surface area contributed by atoms with E-state index in [1.165, 1.54) is 29.8 Å². The van der Waals surface area contributed by atoms with Crippen molar-refractivity contribution >= 4 is 17.7 Å². The number of piperidine rings is 1. The molecule has 1 aliphatic rings. The molecule has 244 valence electrons. The van der Waals surface area contributed by atoms with Gasteiger partial charge in [0, 0.05) is 24.1 Å². The van der Waals surface area contributed by atoms with Crippen LogP contribution < -0.4 is 10.6 Å². The highest BCUT2D eigenvalue weighted by Crippen LogP contribution is 2.37. The summed E-state index contributed by atoms with van der Waals surface area (Å²) in [7, 11) is 0. The van der Waals surface area contributed by atoms with Crippen molar-refractivity contribution in [3.63, 3.8) is 0 Å². The molecule has 1 fully saturated rings. The van der Waals surface area contributed by atoms with Crippen molar-refractivity contribution in [3.05, 3.63) is 148 Å². The second-order valence-electron chi connectivity index (χ2n) is 12.1. The second kappa shape index (κ2) is 16.5. The van der Waals surface area contributed by atoms with Crippen LogP contribution in [0.2, 0.25) is 0 Å². The smallest absolute Gasteiger partial charge is 0.407 e. The zero-order chi connectivity index (χ0) is 32.9. The van der Waals surface area contributed by atoms with E-state index in [-0.39, 0.29) is 24.7 Å². The van der Waals surface area contributed by atoms with Gasteiger partial charge >= 0.3 is 6.09 Å². The van der Waals surface area contributed by atoms with Crippen molar-refractivity contribution in [1.82, 2.24) is 15.5 Å². The van der Waals surface area contributed by atoms with Crippen LogP contribution in [0, 0.1) is 10.1 Å². The molecule has 5 rings (SSSR count). The van der Waals surface area contributed by atoms with Crippen LogP contribution in [-0.4, -0.2) is 54.5 Å². The van der Waals surface area contributed by atoms with E-state index in [1.54, 1.807) is 0 Å². The molecule has 4 aromatic carbocycles. The van der Waals surface area contributed by atoms with Crippen molar-refractivity contribution in [2.24, 2.45) is 0 Å². The molecule has 2 N–H and O–H groups in total. The highest BCUT2D eigenvalue weighted by Gasteiger charge is 2.34. The third-order valence-corrected chi connectivity index (χ3v) is 9.09. The number of nitrogens with zero attached hydrogens (tertiary/aromatic N) is 2. The van der Waals surface area contributed by atoms with Gasteiger partial charge in [-0.1, -0.05) is 91.0 Å². The third kappa shape index (κ3) is 9.26. The van der Waals surface area contributed by atoms with E-state index < -0.39 is 16.4 Å². The lowest BCUT2D eigenvalue weighted by molar-refractivity contribution is -0.384. The standard InChI is InChI=1S/C38H42N4O5/c43-36(27-39-37(44)47-28-30-17-19-35(20-18-30)42(45)46)40-29-38(33-13-6-2-7-14-33,34-15-8-3-9-16-34)23-10-24-41-25-21-32(22-26-41)31-11-4-1-5-12-31/h1-9,11-20,32H,10,21-29H2,(H,39,44)(H,40,43). The summed E-state index contributed by atoms with van der Waals surface area (Å²) in [6, 6.07) is 37.2. The van der Waals surface area contributed by atoms with Gasteiger partial charge in [0.2, 0.25) is 5.91 Å². The number of ether oxygens (including phenoxy) is 1. The second-order valence-corrected chi connectivity index (χ2v) is 12.1. The van der Waals surface area contributed by atoms with Crippen LogP contribution in [0.15, 0.2) is 115 Å². The number of nitro benzene ring substituents is 1. The maximum Gasteiger partial charge on any atom is 0.407 e. The molecule has 0 radical (unpaired) electrons. The topological polar surface area (TPSA) is 114 Å². The zero-order valence-electron chi connectivity index (χ0n) is 26.6. The summed E-state index contributed by atoms with van der Waals surface area (Å²) in [6.45, 7) is 3.20. The highest BCUT2D eigenvalue weighted by atomic mass is 16.6. The van der Waals surface area contributed by atoms with Gasteiger partial charge in [-0.15, -0.1) is 0 Å². The number of non-ortho nitro benzene ring substituents is 1. The minimum Gasteiger partial charge on any atom is -0.445 e. The maximum absolute atomic E-state index is 13.0. The molecule has 0 unspecified atom stereocenters. The van der Waals surface area contributed by atoms with E-state index in [2.05, 4.69) is 70.1 Å². The molecular weight excluding hydrogens is 592 g/mol. The summed E-state index contributed by atoms with van der Waals surface area (Å²) in [5, 5.41) is 16.4. The number of likely N-dealkylation sites (tertiary alicyclic amines) is 1. The number of amides is 2. The molecule has 9 nitrogen and oxygen atoms in total. The Morgan fingerprint density at radius 1 is 0.809 bits per heavy atom. The Morgan fingerprint density at radius 2 is 1.38 bits per heavy atom. The molecule has 1 heterocycles. The van der Waals surface area contributed by atoms with Crippen molar-refractivity contribution in [1.29, 1.82) is 0 Å². The van der Waals surface area contributed by atoms with Crippen LogP contribution in [-0.2, 0) is 21.6 Å². The van der Waals surface area contributed by atoms with Crippen molar-refractivity contribution in [3.8, 4) is 0 Å². The monoisotopic (exact) mass is 634 g/mol. The molecule has 0 spiro atoms. The van der Waals surface area contributed by atoms with Crippen molar-refractivity contribution in [2.75, 3.05) is 32.7 Å². The first-order valence-corrected chi connectivity index (χ1v) is 16.2. The van der Waals surface area contributed by atoms with Crippen LogP contribution in [0.4, 0.5) is 10.5 Å². The van der Waals surface area contributed by atoms with Crippen molar-refractivity contribution in [2.45, 2.75) is 43.6 Å². The van der Waals surface area contributed by atoms with Crippen LogP contribution >= 0.6 is 0 Å². The first-order valence-electron chi connectivity index (χ1n) is 16.2. The summed E-state index contributed by atoms with van der Waals surface area (Å²) >= 11 is 0. The lowest BCUT2D eigenvalue weighted by Gasteiger charge is -2.37. The van der Waals surface area contributed by atoms with Gasteiger partial charge in [0.05, 0.1) is 11.5 Å². The Hall–Kier alpha value is -5.02. The molecule has 4 aromatic rings. The van der Waals surface area contributed by atoms with Gasteiger partial charge in [0.15, 0.2) is 0 Å². The molecule has 2 amide bonds. The van der Waals surface area contributed by atoms with Crippen molar-refractivity contribution < 1.29 is 19.2 Å². The lowest BCUT2D eigenvalue weighted by atomic mass is 9.71. The van der Waals surface area contributed by atoms with Gasteiger partial charge in [-0.05, 0) is 85.6 Å². The lowest BCUT2D eigenvalue weighted by Crippen LogP contribution is -2.45. The first-order chi connectivity index (χ1) is 22.9. The molecule has 1 aliphatic heterocycles. The summed E-state index contributed by atoms with van der Waals surface area (Å²) in [6.07, 6.45) is 3.37. The summed E-state index contributed by atoms with van der Waals surface area (Å²) in [5.74, 6) is 0.292. The van der Waals surface area contributed by atoms with Gasteiger partial charge in [-0.25, -0.2) is 4.79 Å². The van der Waals surface area contributed by atoms with Crippen LogP contribution in [0.5, 0.6) is 0 Å². The number of nitrogens with one attached hydrogen (secondary N) is 2. The fraction of sp³-hybridized carbons (Fsp3) is 0.316. The molecular formula is C38H42N4O5. The Balaban J connectivity index is 1.18. The number of carbonyl (C=O) groups is 2. The molecule has 9 heteroatoms. The summed E-state index contributed by atoms with van der Waals surface area (Å²) in [4.78, 5) is 38.3. The Morgan fingerprint density at radius 3 is 1.96 bits per heavy atom. The summed E-state index contributed by atoms with van der Waals surface area (Å²) in [5.41, 5.74) is 3.79. The molecule has 0 bridgehead atoms. The third-order valence-electron chi connectivity index (χ3n) is 9.09. The van der Waals surface area contributed by atoms with E-state index >= 15 is 0 Å². The Bertz CT molecular complexity index is 1540. The Labute approximate surface area is 276 Å².